The molecule has 0 atom stereocenters. The Kier molecular flexibility index (Phi) is 8.58. The fraction of sp³-hybridized carbons (Fsp3) is 0.0385. The molecular formula is C26H17Cl2N5O2S2. The number of hydrogen-bond donors (Lipinski definition) is 3. The maximum Gasteiger partial charge on any atom is 0.270 e. The van der Waals surface area contributed by atoms with Crippen molar-refractivity contribution >= 4 is 63.9 Å². The van der Waals surface area contributed by atoms with Crippen LogP contribution in [0.15, 0.2) is 82.7 Å². The van der Waals surface area contributed by atoms with Crippen molar-refractivity contribution in [1.29, 1.82) is 5.26 Å². The topological polar surface area (TPSA) is 111 Å². The number of aromatic amines is 1. The molecule has 0 bridgehead atoms. The van der Waals surface area contributed by atoms with Crippen LogP contribution in [0.3, 0.4) is 0 Å². The van der Waals surface area contributed by atoms with Crippen molar-refractivity contribution in [3.63, 3.8) is 0 Å². The summed E-state index contributed by atoms with van der Waals surface area (Å²) in [7, 11) is 0. The number of nitrogens with one attached hydrogen (secondary N) is 3. The molecule has 3 aromatic carbocycles. The normalized spacial score (nSPS) is 10.4. The number of hydrogen-bond acceptors (Lipinski definition) is 6. The van der Waals surface area contributed by atoms with Crippen molar-refractivity contribution in [2.45, 2.75) is 10.9 Å². The number of carbonyl (C=O) groups is 1. The van der Waals surface area contributed by atoms with Gasteiger partial charge in [0.15, 0.2) is 10.3 Å². The Hall–Kier alpha value is -3.68. The summed E-state index contributed by atoms with van der Waals surface area (Å²) in [6.07, 6.45) is 0. The Morgan fingerprint density at radius 2 is 1.70 bits per heavy atom. The van der Waals surface area contributed by atoms with E-state index in [0.717, 1.165) is 11.3 Å². The van der Waals surface area contributed by atoms with E-state index in [-0.39, 0.29) is 32.3 Å². The number of thioether (sulfide) groups is 1. The van der Waals surface area contributed by atoms with E-state index in [1.807, 2.05) is 36.4 Å². The number of benzene rings is 3. The highest BCUT2D eigenvalue weighted by atomic mass is 35.5. The van der Waals surface area contributed by atoms with E-state index in [1.54, 1.807) is 42.5 Å². The third-order valence-electron chi connectivity index (χ3n) is 5.06. The van der Waals surface area contributed by atoms with Crippen LogP contribution in [0.25, 0.3) is 11.3 Å². The van der Waals surface area contributed by atoms with Gasteiger partial charge in [-0.2, -0.15) is 5.26 Å². The number of rotatable bonds is 6. The van der Waals surface area contributed by atoms with Crippen LogP contribution in [-0.4, -0.2) is 21.0 Å². The molecule has 0 aliphatic heterocycles. The predicted molar refractivity (Wildman–Crippen MR) is 151 cm³/mol. The van der Waals surface area contributed by atoms with Gasteiger partial charge >= 0.3 is 0 Å². The fourth-order valence-corrected chi connectivity index (χ4v) is 4.90. The van der Waals surface area contributed by atoms with Crippen molar-refractivity contribution in [3.05, 3.63) is 110 Å². The highest BCUT2D eigenvalue weighted by Crippen LogP contribution is 2.35. The van der Waals surface area contributed by atoms with E-state index in [2.05, 4.69) is 20.6 Å². The molecular weight excluding hydrogens is 549 g/mol. The number of carbonyl (C=O) groups excluding carboxylic acids is 1. The third kappa shape index (κ3) is 6.56. The van der Waals surface area contributed by atoms with Crippen molar-refractivity contribution in [2.75, 3.05) is 5.32 Å². The van der Waals surface area contributed by atoms with Gasteiger partial charge in [-0.15, -0.1) is 0 Å². The standard InChI is InChI=1S/C26H17Cl2N5O2S2/c27-19-7-4-8-20(28)21(19)22-18(13-29)24(35)33-26(31-22)37-14-15-9-11-16(12-10-15)23(34)32-25(36)30-17-5-2-1-3-6-17/h1-12H,14H2,(H,31,33,35)(H2,30,32,34,36). The van der Waals surface area contributed by atoms with Crippen LogP contribution in [0.2, 0.25) is 10.0 Å². The van der Waals surface area contributed by atoms with E-state index in [1.165, 1.54) is 11.8 Å². The van der Waals surface area contributed by atoms with Gasteiger partial charge in [-0.3, -0.25) is 14.9 Å². The Morgan fingerprint density at radius 3 is 2.35 bits per heavy atom. The molecule has 0 saturated heterocycles. The lowest BCUT2D eigenvalue weighted by Gasteiger charge is -2.10. The molecule has 7 nitrogen and oxygen atoms in total. The highest BCUT2D eigenvalue weighted by molar-refractivity contribution is 7.98. The maximum atomic E-state index is 12.5. The van der Waals surface area contributed by atoms with Gasteiger partial charge in [0.2, 0.25) is 0 Å². The lowest BCUT2D eigenvalue weighted by Crippen LogP contribution is -2.34. The van der Waals surface area contributed by atoms with Crippen molar-refractivity contribution in [2.24, 2.45) is 0 Å². The average molecular weight is 566 g/mol. The zero-order valence-electron chi connectivity index (χ0n) is 18.9. The molecule has 0 unspecified atom stereocenters. The fourth-order valence-electron chi connectivity index (χ4n) is 3.29. The minimum absolute atomic E-state index is 0.122. The lowest BCUT2D eigenvalue weighted by atomic mass is 10.1. The summed E-state index contributed by atoms with van der Waals surface area (Å²) in [6.45, 7) is 0. The van der Waals surface area contributed by atoms with E-state index in [9.17, 15) is 14.9 Å². The summed E-state index contributed by atoms with van der Waals surface area (Å²) >= 11 is 19.0. The molecule has 1 heterocycles. The quantitative estimate of drug-likeness (QED) is 0.148. The van der Waals surface area contributed by atoms with Gasteiger partial charge in [0.25, 0.3) is 11.5 Å². The van der Waals surface area contributed by atoms with Crippen LogP contribution < -0.4 is 16.2 Å². The molecule has 37 heavy (non-hydrogen) atoms. The van der Waals surface area contributed by atoms with Crippen LogP contribution in [-0.2, 0) is 5.75 Å². The average Bonchev–Trinajstić information content (AvgIpc) is 2.88. The van der Waals surface area contributed by atoms with E-state index in [4.69, 9.17) is 35.4 Å². The van der Waals surface area contributed by atoms with Crippen LogP contribution in [0.5, 0.6) is 0 Å². The van der Waals surface area contributed by atoms with Gasteiger partial charge in [-0.1, -0.05) is 71.4 Å². The third-order valence-corrected chi connectivity index (χ3v) is 6.84. The summed E-state index contributed by atoms with van der Waals surface area (Å²) in [5, 5.41) is 16.2. The van der Waals surface area contributed by atoms with Gasteiger partial charge in [0.05, 0.1) is 15.7 Å². The van der Waals surface area contributed by atoms with Crippen molar-refractivity contribution in [1.82, 2.24) is 15.3 Å². The summed E-state index contributed by atoms with van der Waals surface area (Å²) in [4.78, 5) is 32.1. The van der Waals surface area contributed by atoms with Crippen LogP contribution in [0, 0.1) is 11.3 Å². The Bertz CT molecular complexity index is 1550. The van der Waals surface area contributed by atoms with Gasteiger partial charge in [-0.25, -0.2) is 4.98 Å². The summed E-state index contributed by atoms with van der Waals surface area (Å²) < 4.78 is 0. The zero-order chi connectivity index (χ0) is 26.4. The molecule has 3 N–H and O–H groups in total. The first kappa shape index (κ1) is 26.4. The molecule has 4 aromatic rings. The first-order chi connectivity index (χ1) is 17.9. The summed E-state index contributed by atoms with van der Waals surface area (Å²) in [6, 6.07) is 23.0. The highest BCUT2D eigenvalue weighted by Gasteiger charge is 2.19. The number of thiocarbonyl (C=S) groups is 1. The molecule has 11 heteroatoms. The monoisotopic (exact) mass is 565 g/mol. The van der Waals surface area contributed by atoms with Gasteiger partial charge in [0, 0.05) is 22.6 Å². The van der Waals surface area contributed by atoms with Gasteiger partial charge < -0.3 is 10.3 Å². The second-order valence-corrected chi connectivity index (χ2v) is 9.75. The molecule has 0 fully saturated rings. The molecule has 0 spiro atoms. The number of nitriles is 1. The number of anilines is 1. The second-order valence-electron chi connectivity index (χ2n) is 7.56. The minimum Gasteiger partial charge on any atom is -0.332 e. The smallest absolute Gasteiger partial charge is 0.270 e. The largest absolute Gasteiger partial charge is 0.332 e. The second kappa shape index (κ2) is 12.0. The lowest BCUT2D eigenvalue weighted by molar-refractivity contribution is 0.0977. The van der Waals surface area contributed by atoms with Crippen molar-refractivity contribution < 1.29 is 4.79 Å². The first-order valence-electron chi connectivity index (χ1n) is 10.7. The summed E-state index contributed by atoms with van der Waals surface area (Å²) in [5.41, 5.74) is 1.78. The number of aromatic nitrogens is 2. The molecule has 0 radical (unpaired) electrons. The van der Waals surface area contributed by atoms with E-state index >= 15 is 0 Å². The molecule has 1 amide bonds. The molecule has 0 aliphatic rings. The minimum atomic E-state index is -0.585. The number of halogens is 2. The number of nitrogens with zero attached hydrogens (tertiary/aromatic N) is 2. The zero-order valence-corrected chi connectivity index (χ0v) is 22.1. The predicted octanol–water partition coefficient (Wildman–Crippen LogP) is 6.03. The Morgan fingerprint density at radius 1 is 1.03 bits per heavy atom. The van der Waals surface area contributed by atoms with Crippen LogP contribution in [0.1, 0.15) is 21.5 Å². The van der Waals surface area contributed by atoms with E-state index < -0.39 is 5.56 Å². The van der Waals surface area contributed by atoms with Crippen molar-refractivity contribution in [3.8, 4) is 17.3 Å². The van der Waals surface area contributed by atoms with E-state index in [0.29, 0.717) is 22.0 Å². The number of para-hydroxylation sites is 1. The SMILES string of the molecule is N#Cc1c(-c2c(Cl)cccc2Cl)nc(SCc2ccc(C(=O)NC(=S)Nc3ccccc3)cc2)[nH]c1=O. The molecule has 4 rings (SSSR count). The molecule has 0 saturated carbocycles. The van der Waals surface area contributed by atoms with Gasteiger partial charge in [0.1, 0.15) is 11.6 Å². The number of H-pyrrole nitrogens is 1. The first-order valence-corrected chi connectivity index (χ1v) is 12.9. The van der Waals surface area contributed by atoms with Crippen LogP contribution >= 0.6 is 47.2 Å². The molecule has 1 aromatic heterocycles. The molecule has 0 aliphatic carbocycles. The van der Waals surface area contributed by atoms with Gasteiger partial charge in [-0.05, 0) is 54.2 Å². The molecule has 184 valence electrons. The summed E-state index contributed by atoms with van der Waals surface area (Å²) in [5.74, 6) is 0.104. The number of amides is 1. The maximum absolute atomic E-state index is 12.5. The van der Waals surface area contributed by atoms with Crippen LogP contribution in [0.4, 0.5) is 5.69 Å². The Labute approximate surface area is 231 Å². The Balaban J connectivity index is 1.44.